The average Bonchev–Trinajstić information content (AvgIpc) is 2.12. The maximum Gasteiger partial charge on any atom is 0.141 e. The third-order valence-corrected chi connectivity index (χ3v) is 2.09. The summed E-state index contributed by atoms with van der Waals surface area (Å²) >= 11 is 5.62. The Hall–Kier alpha value is -0.600. The SMILES string of the molecule is COCCCc1ccc(F)c(Cl)c1. The van der Waals surface area contributed by atoms with Gasteiger partial charge in [-0.3, -0.25) is 0 Å². The quantitative estimate of drug-likeness (QED) is 0.682. The number of benzene rings is 1. The van der Waals surface area contributed by atoms with Crippen LogP contribution in [-0.4, -0.2) is 13.7 Å². The van der Waals surface area contributed by atoms with Crippen molar-refractivity contribution >= 4 is 11.6 Å². The van der Waals surface area contributed by atoms with Crippen molar-refractivity contribution in [3.8, 4) is 0 Å². The molecule has 0 unspecified atom stereocenters. The summed E-state index contributed by atoms with van der Waals surface area (Å²) in [4.78, 5) is 0. The van der Waals surface area contributed by atoms with Gasteiger partial charge in [0.2, 0.25) is 0 Å². The van der Waals surface area contributed by atoms with E-state index in [1.807, 2.05) is 0 Å². The summed E-state index contributed by atoms with van der Waals surface area (Å²) in [5.74, 6) is -0.364. The van der Waals surface area contributed by atoms with Crippen molar-refractivity contribution < 1.29 is 9.13 Å². The van der Waals surface area contributed by atoms with E-state index in [2.05, 4.69) is 0 Å². The van der Waals surface area contributed by atoms with Crippen LogP contribution in [0.25, 0.3) is 0 Å². The summed E-state index contributed by atoms with van der Waals surface area (Å²) < 4.78 is 17.6. The molecule has 0 N–H and O–H groups in total. The van der Waals surface area contributed by atoms with Crippen LogP contribution in [0.5, 0.6) is 0 Å². The minimum absolute atomic E-state index is 0.190. The van der Waals surface area contributed by atoms with Crippen molar-refractivity contribution in [2.24, 2.45) is 0 Å². The van der Waals surface area contributed by atoms with E-state index in [1.165, 1.54) is 6.07 Å². The summed E-state index contributed by atoms with van der Waals surface area (Å²) in [5.41, 5.74) is 1.04. The summed E-state index contributed by atoms with van der Waals surface area (Å²) in [6.45, 7) is 0.717. The first-order chi connectivity index (χ1) is 6.24. The third-order valence-electron chi connectivity index (χ3n) is 1.80. The molecule has 1 aromatic rings. The summed E-state index contributed by atoms with van der Waals surface area (Å²) in [5, 5.41) is 0.190. The molecule has 0 spiro atoms. The van der Waals surface area contributed by atoms with Crippen molar-refractivity contribution in [1.82, 2.24) is 0 Å². The van der Waals surface area contributed by atoms with Crippen molar-refractivity contribution in [3.05, 3.63) is 34.6 Å². The Balaban J connectivity index is 2.53. The van der Waals surface area contributed by atoms with Gasteiger partial charge in [0.15, 0.2) is 0 Å². The van der Waals surface area contributed by atoms with Crippen LogP contribution in [0.1, 0.15) is 12.0 Å². The second kappa shape index (κ2) is 5.20. The van der Waals surface area contributed by atoms with Gasteiger partial charge in [-0.15, -0.1) is 0 Å². The molecule has 0 fully saturated rings. The van der Waals surface area contributed by atoms with E-state index in [0.29, 0.717) is 0 Å². The zero-order valence-corrected chi connectivity index (χ0v) is 8.27. The summed E-state index contributed by atoms with van der Waals surface area (Å²) in [6, 6.07) is 4.80. The van der Waals surface area contributed by atoms with Gasteiger partial charge in [-0.25, -0.2) is 4.39 Å². The molecule has 0 aromatic heterocycles. The lowest BCUT2D eigenvalue weighted by atomic mass is 10.1. The molecule has 0 amide bonds. The van der Waals surface area contributed by atoms with Gasteiger partial charge in [-0.05, 0) is 30.5 Å². The van der Waals surface area contributed by atoms with Crippen LogP contribution in [0.2, 0.25) is 5.02 Å². The number of rotatable bonds is 4. The van der Waals surface area contributed by atoms with Gasteiger partial charge in [-0.1, -0.05) is 17.7 Å². The highest BCUT2D eigenvalue weighted by Gasteiger charge is 2.00. The Labute approximate surface area is 82.5 Å². The van der Waals surface area contributed by atoms with Crippen molar-refractivity contribution in [1.29, 1.82) is 0 Å². The number of methoxy groups -OCH3 is 1. The molecular formula is C10H12ClFO. The van der Waals surface area contributed by atoms with Crippen LogP contribution < -0.4 is 0 Å². The molecule has 72 valence electrons. The van der Waals surface area contributed by atoms with Gasteiger partial charge in [0, 0.05) is 13.7 Å². The van der Waals surface area contributed by atoms with E-state index in [0.717, 1.165) is 25.0 Å². The molecule has 0 radical (unpaired) electrons. The number of hydrogen-bond donors (Lipinski definition) is 0. The van der Waals surface area contributed by atoms with Crippen LogP contribution >= 0.6 is 11.6 Å². The van der Waals surface area contributed by atoms with Gasteiger partial charge < -0.3 is 4.74 Å². The van der Waals surface area contributed by atoms with Gasteiger partial charge in [0.05, 0.1) is 5.02 Å². The van der Waals surface area contributed by atoms with E-state index in [-0.39, 0.29) is 10.8 Å². The number of aryl methyl sites for hydroxylation is 1. The second-order valence-corrected chi connectivity index (χ2v) is 3.25. The monoisotopic (exact) mass is 202 g/mol. The van der Waals surface area contributed by atoms with Crippen LogP contribution in [0.15, 0.2) is 18.2 Å². The molecule has 0 aliphatic heterocycles. The fourth-order valence-electron chi connectivity index (χ4n) is 1.12. The Morgan fingerprint density at radius 1 is 1.46 bits per heavy atom. The molecule has 0 heterocycles. The van der Waals surface area contributed by atoms with Gasteiger partial charge in [0.1, 0.15) is 5.82 Å². The second-order valence-electron chi connectivity index (χ2n) is 2.84. The largest absolute Gasteiger partial charge is 0.385 e. The molecule has 0 bridgehead atoms. The fourth-order valence-corrected chi connectivity index (χ4v) is 1.32. The van der Waals surface area contributed by atoms with Crippen molar-refractivity contribution in [2.45, 2.75) is 12.8 Å². The lowest BCUT2D eigenvalue weighted by molar-refractivity contribution is 0.195. The Bertz CT molecular complexity index is 276. The first-order valence-corrected chi connectivity index (χ1v) is 4.54. The average molecular weight is 203 g/mol. The smallest absolute Gasteiger partial charge is 0.141 e. The standard InChI is InChI=1S/C10H12ClFO/c1-13-6-2-3-8-4-5-10(12)9(11)7-8/h4-5,7H,2-3,6H2,1H3. The maximum atomic E-state index is 12.7. The van der Waals surface area contributed by atoms with Crippen LogP contribution in [0.3, 0.4) is 0 Å². The Morgan fingerprint density at radius 3 is 2.85 bits per heavy atom. The van der Waals surface area contributed by atoms with Crippen LogP contribution in [0.4, 0.5) is 4.39 Å². The van der Waals surface area contributed by atoms with E-state index >= 15 is 0 Å². The minimum Gasteiger partial charge on any atom is -0.385 e. The molecule has 13 heavy (non-hydrogen) atoms. The zero-order valence-electron chi connectivity index (χ0n) is 7.52. The van der Waals surface area contributed by atoms with Crippen LogP contribution in [-0.2, 0) is 11.2 Å². The zero-order chi connectivity index (χ0) is 9.68. The van der Waals surface area contributed by atoms with Crippen molar-refractivity contribution in [2.75, 3.05) is 13.7 Å². The number of hydrogen-bond acceptors (Lipinski definition) is 1. The molecular weight excluding hydrogens is 191 g/mol. The predicted molar refractivity (Wildman–Crippen MR) is 51.6 cm³/mol. The fraction of sp³-hybridized carbons (Fsp3) is 0.400. The highest BCUT2D eigenvalue weighted by molar-refractivity contribution is 6.30. The van der Waals surface area contributed by atoms with Gasteiger partial charge in [0.25, 0.3) is 0 Å². The van der Waals surface area contributed by atoms with E-state index in [4.69, 9.17) is 16.3 Å². The highest BCUT2D eigenvalue weighted by Crippen LogP contribution is 2.16. The lowest BCUT2D eigenvalue weighted by Gasteiger charge is -2.01. The lowest BCUT2D eigenvalue weighted by Crippen LogP contribution is -1.93. The molecule has 0 saturated heterocycles. The Morgan fingerprint density at radius 2 is 2.23 bits per heavy atom. The normalized spacial score (nSPS) is 10.4. The highest BCUT2D eigenvalue weighted by atomic mass is 35.5. The maximum absolute atomic E-state index is 12.7. The molecule has 0 aliphatic carbocycles. The number of ether oxygens (including phenoxy) is 1. The topological polar surface area (TPSA) is 9.23 Å². The summed E-state index contributed by atoms with van der Waals surface area (Å²) in [7, 11) is 1.66. The Kier molecular flexibility index (Phi) is 4.19. The van der Waals surface area contributed by atoms with E-state index < -0.39 is 0 Å². The summed E-state index contributed by atoms with van der Waals surface area (Å²) in [6.07, 6.45) is 1.80. The third kappa shape index (κ3) is 3.33. The van der Waals surface area contributed by atoms with Gasteiger partial charge >= 0.3 is 0 Å². The van der Waals surface area contributed by atoms with Crippen LogP contribution in [0, 0.1) is 5.82 Å². The molecule has 1 nitrogen and oxygen atoms in total. The molecule has 1 rings (SSSR count). The van der Waals surface area contributed by atoms with E-state index in [9.17, 15) is 4.39 Å². The molecule has 0 aliphatic rings. The molecule has 0 saturated carbocycles. The van der Waals surface area contributed by atoms with Crippen molar-refractivity contribution in [3.63, 3.8) is 0 Å². The minimum atomic E-state index is -0.364. The molecule has 1 aromatic carbocycles. The van der Waals surface area contributed by atoms with E-state index in [1.54, 1.807) is 19.2 Å². The first-order valence-electron chi connectivity index (χ1n) is 4.17. The molecule has 3 heteroatoms. The first kappa shape index (κ1) is 10.5. The molecule has 0 atom stereocenters. The predicted octanol–water partition coefficient (Wildman–Crippen LogP) is 3.06. The number of halogens is 2. The van der Waals surface area contributed by atoms with Gasteiger partial charge in [-0.2, -0.15) is 0 Å².